The van der Waals surface area contributed by atoms with Gasteiger partial charge in [-0.3, -0.25) is 4.79 Å². The highest BCUT2D eigenvalue weighted by Crippen LogP contribution is 2.58. The Labute approximate surface area is 145 Å². The van der Waals surface area contributed by atoms with Crippen molar-refractivity contribution in [3.05, 3.63) is 35.4 Å². The highest BCUT2D eigenvalue weighted by atomic mass is 35.5. The van der Waals surface area contributed by atoms with Gasteiger partial charge < -0.3 is 10.6 Å². The Balaban J connectivity index is 0.00000156. The number of piperidine rings is 1. The van der Waals surface area contributed by atoms with Crippen LogP contribution in [0.15, 0.2) is 24.3 Å². The van der Waals surface area contributed by atoms with Crippen LogP contribution in [-0.4, -0.2) is 25.5 Å². The molecule has 1 saturated heterocycles. The Kier molecular flexibility index (Phi) is 4.45. The van der Waals surface area contributed by atoms with Gasteiger partial charge in [0.25, 0.3) is 0 Å². The van der Waals surface area contributed by atoms with Crippen LogP contribution in [-0.2, 0) is 10.2 Å². The molecule has 4 rings (SSSR count). The Bertz CT molecular complexity index is 591. The molecule has 3 fully saturated rings. The van der Waals surface area contributed by atoms with Gasteiger partial charge in [0.15, 0.2) is 0 Å². The Hall–Kier alpha value is -1.06. The lowest BCUT2D eigenvalue weighted by Gasteiger charge is -2.24. The predicted octanol–water partition coefficient (Wildman–Crippen LogP) is 2.95. The minimum atomic E-state index is 0. The van der Waals surface area contributed by atoms with E-state index in [2.05, 4.69) is 41.8 Å². The molecule has 2 aliphatic carbocycles. The highest BCUT2D eigenvalue weighted by molar-refractivity contribution is 5.85. The molecule has 1 aromatic rings. The van der Waals surface area contributed by atoms with Gasteiger partial charge in [-0.05, 0) is 68.7 Å². The van der Waals surface area contributed by atoms with Crippen molar-refractivity contribution in [1.82, 2.24) is 10.6 Å². The lowest BCUT2D eigenvalue weighted by Crippen LogP contribution is -2.37. The number of carbonyl (C=O) groups is 1. The van der Waals surface area contributed by atoms with E-state index in [1.54, 1.807) is 0 Å². The first-order chi connectivity index (χ1) is 10.7. The summed E-state index contributed by atoms with van der Waals surface area (Å²) in [4.78, 5) is 12.5. The van der Waals surface area contributed by atoms with Crippen LogP contribution >= 0.6 is 12.4 Å². The van der Waals surface area contributed by atoms with Gasteiger partial charge in [-0.15, -0.1) is 12.4 Å². The third-order valence-electron chi connectivity index (χ3n) is 6.28. The second kappa shape index (κ2) is 6.10. The molecule has 23 heavy (non-hydrogen) atoms. The molecule has 0 aromatic heterocycles. The number of amides is 1. The fraction of sp³-hybridized carbons (Fsp3) is 0.632. The quantitative estimate of drug-likeness (QED) is 0.888. The standard InChI is InChI=1S/C19H26N2O.ClH/c1-14-4-2-3-5-15(14)19(6-7-19)13-21-17(22)16-12-18(16)8-10-20-11-9-18;/h2-5,16,20H,6-13H2,1H3,(H,21,22);1H. The fourth-order valence-electron chi connectivity index (χ4n) is 4.44. The van der Waals surface area contributed by atoms with Crippen molar-refractivity contribution in [2.75, 3.05) is 19.6 Å². The van der Waals surface area contributed by atoms with Gasteiger partial charge >= 0.3 is 0 Å². The fourth-order valence-corrected chi connectivity index (χ4v) is 4.44. The van der Waals surface area contributed by atoms with E-state index in [0.29, 0.717) is 11.3 Å². The number of benzene rings is 1. The number of nitrogens with one attached hydrogen (secondary N) is 2. The molecule has 1 heterocycles. The molecule has 1 unspecified atom stereocenters. The van der Waals surface area contributed by atoms with Crippen molar-refractivity contribution in [2.45, 2.75) is 44.4 Å². The molecular formula is C19H27ClN2O. The molecular weight excluding hydrogens is 308 g/mol. The maximum Gasteiger partial charge on any atom is 0.223 e. The highest BCUT2D eigenvalue weighted by Gasteiger charge is 2.58. The van der Waals surface area contributed by atoms with Crippen molar-refractivity contribution in [3.8, 4) is 0 Å². The van der Waals surface area contributed by atoms with E-state index in [-0.39, 0.29) is 23.7 Å². The summed E-state index contributed by atoms with van der Waals surface area (Å²) in [6.07, 6.45) is 5.87. The number of halogens is 1. The number of aryl methyl sites for hydroxylation is 1. The van der Waals surface area contributed by atoms with Crippen LogP contribution in [0.25, 0.3) is 0 Å². The van der Waals surface area contributed by atoms with Gasteiger partial charge in [0.05, 0.1) is 0 Å². The Morgan fingerprint density at radius 3 is 2.57 bits per heavy atom. The van der Waals surface area contributed by atoms with Gasteiger partial charge in [0, 0.05) is 17.9 Å². The topological polar surface area (TPSA) is 41.1 Å². The van der Waals surface area contributed by atoms with Crippen molar-refractivity contribution >= 4 is 18.3 Å². The maximum absolute atomic E-state index is 12.5. The smallest absolute Gasteiger partial charge is 0.223 e. The van der Waals surface area contributed by atoms with E-state index < -0.39 is 0 Å². The summed E-state index contributed by atoms with van der Waals surface area (Å²) in [5.74, 6) is 0.587. The minimum absolute atomic E-state index is 0. The Morgan fingerprint density at radius 2 is 1.91 bits per heavy atom. The molecule has 0 radical (unpaired) electrons. The van der Waals surface area contributed by atoms with E-state index in [0.717, 1.165) is 26.1 Å². The number of carbonyl (C=O) groups excluding carboxylic acids is 1. The lowest BCUT2D eigenvalue weighted by molar-refractivity contribution is -0.123. The average Bonchev–Trinajstić information content (AvgIpc) is 3.44. The summed E-state index contributed by atoms with van der Waals surface area (Å²) in [5, 5.41) is 6.69. The first-order valence-electron chi connectivity index (χ1n) is 8.70. The maximum atomic E-state index is 12.5. The molecule has 2 N–H and O–H groups in total. The van der Waals surface area contributed by atoms with Gasteiger partial charge in [-0.25, -0.2) is 0 Å². The van der Waals surface area contributed by atoms with Gasteiger partial charge in [0.1, 0.15) is 0 Å². The minimum Gasteiger partial charge on any atom is -0.355 e. The number of hydrogen-bond donors (Lipinski definition) is 2. The number of hydrogen-bond acceptors (Lipinski definition) is 2. The lowest BCUT2D eigenvalue weighted by atomic mass is 9.90. The summed E-state index contributed by atoms with van der Waals surface area (Å²) in [6, 6.07) is 8.63. The van der Waals surface area contributed by atoms with E-state index in [1.807, 2.05) is 0 Å². The third-order valence-corrected chi connectivity index (χ3v) is 6.28. The molecule has 0 bridgehead atoms. The zero-order chi connectivity index (χ0) is 15.2. The molecule has 1 aliphatic heterocycles. The van der Waals surface area contributed by atoms with E-state index in [9.17, 15) is 4.79 Å². The van der Waals surface area contributed by atoms with Gasteiger partial charge in [0.2, 0.25) is 5.91 Å². The second-order valence-corrected chi connectivity index (χ2v) is 7.68. The SMILES string of the molecule is Cc1ccccc1C1(CNC(=O)C2CC23CCNCC3)CC1.Cl. The van der Waals surface area contributed by atoms with Crippen molar-refractivity contribution in [2.24, 2.45) is 11.3 Å². The molecule has 1 aromatic carbocycles. The monoisotopic (exact) mass is 334 g/mol. The second-order valence-electron chi connectivity index (χ2n) is 7.68. The van der Waals surface area contributed by atoms with E-state index in [1.165, 1.54) is 36.8 Å². The third kappa shape index (κ3) is 3.01. The van der Waals surface area contributed by atoms with Crippen molar-refractivity contribution in [1.29, 1.82) is 0 Å². The summed E-state index contributed by atoms with van der Waals surface area (Å²) >= 11 is 0. The summed E-state index contributed by atoms with van der Waals surface area (Å²) in [5.41, 5.74) is 3.35. The van der Waals surface area contributed by atoms with Crippen LogP contribution in [0.4, 0.5) is 0 Å². The predicted molar refractivity (Wildman–Crippen MR) is 95.0 cm³/mol. The van der Waals surface area contributed by atoms with Crippen LogP contribution in [0.2, 0.25) is 0 Å². The summed E-state index contributed by atoms with van der Waals surface area (Å²) in [7, 11) is 0. The molecule has 1 atom stereocenters. The van der Waals surface area contributed by atoms with Crippen LogP contribution < -0.4 is 10.6 Å². The summed E-state index contributed by atoms with van der Waals surface area (Å²) in [6.45, 7) is 5.16. The molecule has 2 saturated carbocycles. The van der Waals surface area contributed by atoms with Gasteiger partial charge in [-0.1, -0.05) is 24.3 Å². The van der Waals surface area contributed by atoms with Crippen LogP contribution in [0.1, 0.15) is 43.2 Å². The summed E-state index contributed by atoms with van der Waals surface area (Å²) < 4.78 is 0. The molecule has 3 nitrogen and oxygen atoms in total. The molecule has 4 heteroatoms. The van der Waals surface area contributed by atoms with Gasteiger partial charge in [-0.2, -0.15) is 0 Å². The number of rotatable bonds is 4. The van der Waals surface area contributed by atoms with Crippen LogP contribution in [0.3, 0.4) is 0 Å². The Morgan fingerprint density at radius 1 is 1.22 bits per heavy atom. The molecule has 126 valence electrons. The zero-order valence-corrected chi connectivity index (χ0v) is 14.7. The van der Waals surface area contributed by atoms with E-state index >= 15 is 0 Å². The zero-order valence-electron chi connectivity index (χ0n) is 13.9. The van der Waals surface area contributed by atoms with E-state index in [4.69, 9.17) is 0 Å². The molecule has 3 aliphatic rings. The molecule has 1 amide bonds. The first kappa shape index (κ1) is 16.8. The van der Waals surface area contributed by atoms with Crippen LogP contribution in [0, 0.1) is 18.3 Å². The first-order valence-corrected chi connectivity index (χ1v) is 8.70. The van der Waals surface area contributed by atoms with Crippen molar-refractivity contribution < 1.29 is 4.79 Å². The molecule has 1 spiro atoms. The normalized spacial score (nSPS) is 26.2. The van der Waals surface area contributed by atoms with Crippen LogP contribution in [0.5, 0.6) is 0 Å². The largest absolute Gasteiger partial charge is 0.355 e. The van der Waals surface area contributed by atoms with Crippen molar-refractivity contribution in [3.63, 3.8) is 0 Å². The average molecular weight is 335 g/mol.